The molecule has 3 rings (SSSR count). The molecule has 0 bridgehead atoms. The molecule has 8 heteroatoms. The second kappa shape index (κ2) is 6.18. The van der Waals surface area contributed by atoms with E-state index in [0.29, 0.717) is 12.2 Å². The molecule has 128 valence electrons. The zero-order valence-corrected chi connectivity index (χ0v) is 13.0. The molecule has 0 aliphatic carbocycles. The molecule has 0 spiro atoms. The summed E-state index contributed by atoms with van der Waals surface area (Å²) in [4.78, 5) is 17.7. The SMILES string of the molecule is CN(Cc1nccn1CC(F)(F)F)C(=O)[C@H]1Cc2ccccc2O1. The van der Waals surface area contributed by atoms with Crippen molar-refractivity contribution in [3.63, 3.8) is 0 Å². The molecular weight excluding hydrogens is 323 g/mol. The summed E-state index contributed by atoms with van der Waals surface area (Å²) in [6.45, 7) is -1.14. The fraction of sp³-hybridized carbons (Fsp3) is 0.375. The summed E-state index contributed by atoms with van der Waals surface area (Å²) in [6, 6.07) is 7.37. The molecule has 1 aliphatic rings. The van der Waals surface area contributed by atoms with Crippen molar-refractivity contribution < 1.29 is 22.7 Å². The molecule has 0 fully saturated rings. The number of benzene rings is 1. The molecule has 2 aromatic rings. The Bertz CT molecular complexity index is 717. The van der Waals surface area contributed by atoms with Gasteiger partial charge >= 0.3 is 6.18 Å². The maximum Gasteiger partial charge on any atom is 0.406 e. The largest absolute Gasteiger partial charge is 0.480 e. The van der Waals surface area contributed by atoms with E-state index >= 15 is 0 Å². The van der Waals surface area contributed by atoms with Gasteiger partial charge in [0.2, 0.25) is 0 Å². The number of ether oxygens (including phenoxy) is 1. The number of fused-ring (bicyclic) bond motifs is 1. The van der Waals surface area contributed by atoms with Gasteiger partial charge in [-0.1, -0.05) is 18.2 Å². The van der Waals surface area contributed by atoms with Gasteiger partial charge in [0, 0.05) is 25.9 Å². The third kappa shape index (κ3) is 3.52. The highest BCUT2D eigenvalue weighted by Crippen LogP contribution is 2.29. The van der Waals surface area contributed by atoms with Crippen LogP contribution in [0.4, 0.5) is 13.2 Å². The van der Waals surface area contributed by atoms with Gasteiger partial charge in [0.25, 0.3) is 5.91 Å². The Morgan fingerprint density at radius 3 is 2.88 bits per heavy atom. The average Bonchev–Trinajstić information content (AvgIpc) is 3.11. The summed E-state index contributed by atoms with van der Waals surface area (Å²) in [5.74, 6) is 0.564. The van der Waals surface area contributed by atoms with E-state index in [4.69, 9.17) is 4.74 Å². The van der Waals surface area contributed by atoms with Gasteiger partial charge in [-0.05, 0) is 11.6 Å². The van der Waals surface area contributed by atoms with Gasteiger partial charge in [0.05, 0.1) is 6.54 Å². The zero-order valence-electron chi connectivity index (χ0n) is 13.0. The Morgan fingerprint density at radius 2 is 2.17 bits per heavy atom. The van der Waals surface area contributed by atoms with Crippen LogP contribution >= 0.6 is 0 Å². The lowest BCUT2D eigenvalue weighted by Crippen LogP contribution is -2.39. The van der Waals surface area contributed by atoms with E-state index in [1.54, 1.807) is 6.07 Å². The molecular formula is C16H16F3N3O2. The molecule has 1 aromatic carbocycles. The number of carbonyl (C=O) groups excluding carboxylic acids is 1. The summed E-state index contributed by atoms with van der Waals surface area (Å²) in [5, 5.41) is 0. The van der Waals surface area contributed by atoms with Crippen molar-refractivity contribution in [2.45, 2.75) is 31.8 Å². The van der Waals surface area contributed by atoms with Gasteiger partial charge in [-0.15, -0.1) is 0 Å². The van der Waals surface area contributed by atoms with E-state index in [1.165, 1.54) is 24.3 Å². The number of likely N-dealkylation sites (N-methyl/N-ethyl adjacent to an activating group) is 1. The summed E-state index contributed by atoms with van der Waals surface area (Å²) in [6.07, 6.45) is -1.99. The number of amides is 1. The predicted octanol–water partition coefficient (Wildman–Crippen LogP) is 2.41. The molecule has 0 unspecified atom stereocenters. The number of para-hydroxylation sites is 1. The molecule has 0 saturated heterocycles. The summed E-state index contributed by atoms with van der Waals surface area (Å²) in [7, 11) is 1.53. The minimum atomic E-state index is -4.34. The van der Waals surface area contributed by atoms with E-state index in [0.717, 1.165) is 10.1 Å². The number of hydrogen-bond donors (Lipinski definition) is 0. The van der Waals surface area contributed by atoms with Gasteiger partial charge in [0.1, 0.15) is 18.1 Å². The molecule has 1 amide bonds. The number of nitrogens with zero attached hydrogens (tertiary/aromatic N) is 3. The lowest BCUT2D eigenvalue weighted by Gasteiger charge is -2.21. The second-order valence-electron chi connectivity index (χ2n) is 5.70. The van der Waals surface area contributed by atoms with Crippen molar-refractivity contribution in [3.05, 3.63) is 48.0 Å². The van der Waals surface area contributed by atoms with Crippen molar-refractivity contribution >= 4 is 5.91 Å². The van der Waals surface area contributed by atoms with Gasteiger partial charge < -0.3 is 14.2 Å². The van der Waals surface area contributed by atoms with Crippen LogP contribution in [-0.2, 0) is 24.3 Å². The number of imidazole rings is 1. The normalized spacial score (nSPS) is 16.6. The van der Waals surface area contributed by atoms with E-state index in [1.807, 2.05) is 18.2 Å². The second-order valence-corrected chi connectivity index (χ2v) is 5.70. The Kier molecular flexibility index (Phi) is 4.21. The van der Waals surface area contributed by atoms with Gasteiger partial charge in [-0.25, -0.2) is 4.98 Å². The van der Waals surface area contributed by atoms with Crippen molar-refractivity contribution in [2.24, 2.45) is 0 Å². The fourth-order valence-corrected chi connectivity index (χ4v) is 2.68. The molecule has 1 aromatic heterocycles. The van der Waals surface area contributed by atoms with Crippen molar-refractivity contribution in [2.75, 3.05) is 7.05 Å². The minimum absolute atomic E-state index is 0.0158. The van der Waals surface area contributed by atoms with Crippen molar-refractivity contribution in [1.82, 2.24) is 14.5 Å². The molecule has 1 atom stereocenters. The van der Waals surface area contributed by atoms with Crippen molar-refractivity contribution in [3.8, 4) is 5.75 Å². The van der Waals surface area contributed by atoms with Crippen LogP contribution in [0, 0.1) is 0 Å². The minimum Gasteiger partial charge on any atom is -0.480 e. The number of halogens is 3. The quantitative estimate of drug-likeness (QED) is 0.859. The highest BCUT2D eigenvalue weighted by atomic mass is 19.4. The Hall–Kier alpha value is -2.51. The first-order chi connectivity index (χ1) is 11.3. The molecule has 0 N–H and O–H groups in total. The molecule has 1 aliphatic heterocycles. The Morgan fingerprint density at radius 1 is 1.42 bits per heavy atom. The first-order valence-corrected chi connectivity index (χ1v) is 7.40. The monoisotopic (exact) mass is 339 g/mol. The van der Waals surface area contributed by atoms with E-state index in [2.05, 4.69) is 4.98 Å². The highest BCUT2D eigenvalue weighted by molar-refractivity contribution is 5.82. The average molecular weight is 339 g/mol. The number of alkyl halides is 3. The smallest absolute Gasteiger partial charge is 0.406 e. The number of hydrogen-bond acceptors (Lipinski definition) is 3. The van der Waals surface area contributed by atoms with Crippen LogP contribution in [-0.4, -0.2) is 39.7 Å². The van der Waals surface area contributed by atoms with Crippen LogP contribution in [0.5, 0.6) is 5.75 Å². The first kappa shape index (κ1) is 16.4. The number of rotatable bonds is 4. The first-order valence-electron chi connectivity index (χ1n) is 7.40. The fourth-order valence-electron chi connectivity index (χ4n) is 2.68. The van der Waals surface area contributed by atoms with E-state index in [9.17, 15) is 18.0 Å². The Labute approximate surface area is 136 Å². The van der Waals surface area contributed by atoms with Gasteiger partial charge in [-0.3, -0.25) is 4.79 Å². The maximum atomic E-state index is 12.5. The van der Waals surface area contributed by atoms with Gasteiger partial charge in [-0.2, -0.15) is 13.2 Å². The summed E-state index contributed by atoms with van der Waals surface area (Å²) in [5.41, 5.74) is 0.947. The van der Waals surface area contributed by atoms with Gasteiger partial charge in [0.15, 0.2) is 6.10 Å². The van der Waals surface area contributed by atoms with Crippen LogP contribution < -0.4 is 4.74 Å². The lowest BCUT2D eigenvalue weighted by atomic mass is 10.1. The van der Waals surface area contributed by atoms with E-state index < -0.39 is 18.8 Å². The Balaban J connectivity index is 1.65. The zero-order chi connectivity index (χ0) is 17.3. The molecule has 5 nitrogen and oxygen atoms in total. The third-order valence-electron chi connectivity index (χ3n) is 3.83. The van der Waals surface area contributed by atoms with E-state index in [-0.39, 0.29) is 18.3 Å². The van der Waals surface area contributed by atoms with Crippen LogP contribution in [0.2, 0.25) is 0 Å². The topological polar surface area (TPSA) is 47.4 Å². The predicted molar refractivity (Wildman–Crippen MR) is 79.3 cm³/mol. The summed E-state index contributed by atoms with van der Waals surface area (Å²) < 4.78 is 44.2. The maximum absolute atomic E-state index is 12.5. The molecule has 2 heterocycles. The van der Waals surface area contributed by atoms with Crippen LogP contribution in [0.3, 0.4) is 0 Å². The standard InChI is InChI=1S/C16H16F3N3O2/c1-21(9-14-20-6-7-22(14)10-16(17,18)19)15(23)13-8-11-4-2-3-5-12(11)24-13/h2-7,13H,8-10H2,1H3/t13-/m1/s1. The molecule has 0 saturated carbocycles. The molecule has 0 radical (unpaired) electrons. The van der Waals surface area contributed by atoms with Crippen LogP contribution in [0.15, 0.2) is 36.7 Å². The van der Waals surface area contributed by atoms with Crippen LogP contribution in [0.25, 0.3) is 0 Å². The lowest BCUT2D eigenvalue weighted by molar-refractivity contribution is -0.141. The summed E-state index contributed by atoms with van der Waals surface area (Å²) >= 11 is 0. The van der Waals surface area contributed by atoms with Crippen LogP contribution in [0.1, 0.15) is 11.4 Å². The number of aromatic nitrogens is 2. The third-order valence-corrected chi connectivity index (χ3v) is 3.83. The highest BCUT2D eigenvalue weighted by Gasteiger charge is 2.32. The molecule has 24 heavy (non-hydrogen) atoms. The number of carbonyl (C=O) groups is 1. The van der Waals surface area contributed by atoms with Crippen molar-refractivity contribution in [1.29, 1.82) is 0 Å².